The minimum atomic E-state index is -4.32. The highest BCUT2D eigenvalue weighted by Gasteiger charge is 2.29. The van der Waals surface area contributed by atoms with Gasteiger partial charge >= 0.3 is 6.18 Å². The summed E-state index contributed by atoms with van der Waals surface area (Å²) in [7, 11) is 0. The molecule has 0 aliphatic carbocycles. The minimum Gasteiger partial charge on any atom is -0.399 e. The molecule has 0 saturated carbocycles. The zero-order chi connectivity index (χ0) is 14.0. The summed E-state index contributed by atoms with van der Waals surface area (Å²) < 4.78 is 37.4. The van der Waals surface area contributed by atoms with Gasteiger partial charge in [-0.25, -0.2) is 0 Å². The van der Waals surface area contributed by atoms with Gasteiger partial charge in [-0.15, -0.1) is 0 Å². The highest BCUT2D eigenvalue weighted by molar-refractivity contribution is 5.78. The number of anilines is 1. The van der Waals surface area contributed by atoms with Gasteiger partial charge in [0.25, 0.3) is 0 Å². The molecule has 0 spiro atoms. The van der Waals surface area contributed by atoms with Gasteiger partial charge in [-0.3, -0.25) is 0 Å². The maximum Gasteiger partial charge on any atom is 0.416 e. The minimum absolute atomic E-state index is 0.629. The standard InChI is InChI=1S/C15H12F3N/c1-10(12-4-8-14(19)9-5-12)11-2-6-13(7-3-11)15(16,17)18/h2-9H,1,19H2. The third kappa shape index (κ3) is 2.96. The van der Waals surface area contributed by atoms with E-state index in [1.165, 1.54) is 12.1 Å². The van der Waals surface area contributed by atoms with Gasteiger partial charge in [-0.1, -0.05) is 30.8 Å². The Morgan fingerprint density at radius 3 is 1.68 bits per heavy atom. The van der Waals surface area contributed by atoms with Crippen LogP contribution in [0.5, 0.6) is 0 Å². The first-order valence-electron chi connectivity index (χ1n) is 5.60. The van der Waals surface area contributed by atoms with Crippen LogP contribution in [0.15, 0.2) is 55.1 Å². The first-order chi connectivity index (χ1) is 8.88. The first-order valence-corrected chi connectivity index (χ1v) is 5.60. The van der Waals surface area contributed by atoms with Crippen molar-refractivity contribution in [3.8, 4) is 0 Å². The van der Waals surface area contributed by atoms with E-state index in [0.29, 0.717) is 16.8 Å². The van der Waals surface area contributed by atoms with E-state index in [9.17, 15) is 13.2 Å². The lowest BCUT2D eigenvalue weighted by molar-refractivity contribution is -0.137. The van der Waals surface area contributed by atoms with Crippen molar-refractivity contribution in [1.29, 1.82) is 0 Å². The summed E-state index contributed by atoms with van der Waals surface area (Å²) in [6, 6.07) is 12.0. The van der Waals surface area contributed by atoms with Crippen LogP contribution < -0.4 is 5.73 Å². The fourth-order valence-electron chi connectivity index (χ4n) is 1.71. The van der Waals surface area contributed by atoms with Crippen LogP contribution in [0.2, 0.25) is 0 Å². The maximum atomic E-state index is 12.5. The second kappa shape index (κ2) is 4.80. The average Bonchev–Trinajstić information content (AvgIpc) is 2.38. The molecule has 0 fully saturated rings. The molecule has 0 aromatic heterocycles. The number of halogens is 3. The molecule has 2 rings (SSSR count). The fraction of sp³-hybridized carbons (Fsp3) is 0.0667. The van der Waals surface area contributed by atoms with E-state index < -0.39 is 11.7 Å². The second-order valence-corrected chi connectivity index (χ2v) is 4.18. The van der Waals surface area contributed by atoms with Crippen LogP contribution in [0.25, 0.3) is 5.57 Å². The smallest absolute Gasteiger partial charge is 0.399 e. The van der Waals surface area contributed by atoms with E-state index in [1.807, 2.05) is 0 Å². The fourth-order valence-corrected chi connectivity index (χ4v) is 1.71. The van der Waals surface area contributed by atoms with Crippen molar-refractivity contribution in [2.45, 2.75) is 6.18 Å². The van der Waals surface area contributed by atoms with Gasteiger partial charge in [0.1, 0.15) is 0 Å². The third-order valence-corrected chi connectivity index (χ3v) is 2.82. The van der Waals surface area contributed by atoms with E-state index in [4.69, 9.17) is 5.73 Å². The van der Waals surface area contributed by atoms with Crippen LogP contribution in [0.3, 0.4) is 0 Å². The molecule has 0 amide bonds. The van der Waals surface area contributed by atoms with Gasteiger partial charge in [0.15, 0.2) is 0 Å². The molecule has 0 aliphatic rings. The number of rotatable bonds is 2. The summed E-state index contributed by atoms with van der Waals surface area (Å²) in [6.45, 7) is 3.89. The van der Waals surface area contributed by atoms with Crippen molar-refractivity contribution < 1.29 is 13.2 Å². The van der Waals surface area contributed by atoms with Crippen molar-refractivity contribution in [3.63, 3.8) is 0 Å². The largest absolute Gasteiger partial charge is 0.416 e. The van der Waals surface area contributed by atoms with Gasteiger partial charge in [0, 0.05) is 5.69 Å². The van der Waals surface area contributed by atoms with Crippen LogP contribution in [0, 0.1) is 0 Å². The monoisotopic (exact) mass is 263 g/mol. The van der Waals surface area contributed by atoms with Gasteiger partial charge < -0.3 is 5.73 Å². The van der Waals surface area contributed by atoms with E-state index >= 15 is 0 Å². The zero-order valence-corrected chi connectivity index (χ0v) is 10.0. The lowest BCUT2D eigenvalue weighted by Gasteiger charge is -2.10. The molecule has 0 unspecified atom stereocenters. The molecule has 1 nitrogen and oxygen atoms in total. The molecule has 2 aromatic carbocycles. The van der Waals surface area contributed by atoms with Crippen molar-refractivity contribution in [3.05, 3.63) is 71.8 Å². The first kappa shape index (κ1) is 13.2. The lowest BCUT2D eigenvalue weighted by atomic mass is 9.98. The predicted octanol–water partition coefficient (Wildman–Crippen LogP) is 4.35. The van der Waals surface area contributed by atoms with Crippen molar-refractivity contribution in [2.75, 3.05) is 5.73 Å². The summed E-state index contributed by atoms with van der Waals surface area (Å²) in [5, 5.41) is 0. The number of nitrogen functional groups attached to an aromatic ring is 1. The normalized spacial score (nSPS) is 11.3. The Kier molecular flexibility index (Phi) is 3.34. The molecule has 0 heterocycles. The molecule has 0 radical (unpaired) electrons. The Morgan fingerprint density at radius 1 is 0.842 bits per heavy atom. The topological polar surface area (TPSA) is 26.0 Å². The Labute approximate surface area is 109 Å². The predicted molar refractivity (Wildman–Crippen MR) is 70.4 cm³/mol. The molecular weight excluding hydrogens is 251 g/mol. The lowest BCUT2D eigenvalue weighted by Crippen LogP contribution is -2.04. The second-order valence-electron chi connectivity index (χ2n) is 4.18. The zero-order valence-electron chi connectivity index (χ0n) is 10.0. The van der Waals surface area contributed by atoms with Crippen molar-refractivity contribution in [1.82, 2.24) is 0 Å². The summed E-state index contributed by atoms with van der Waals surface area (Å²) in [5.41, 5.74) is 7.68. The van der Waals surface area contributed by atoms with E-state index in [1.54, 1.807) is 24.3 Å². The quantitative estimate of drug-likeness (QED) is 0.801. The van der Waals surface area contributed by atoms with Crippen LogP contribution in [0.4, 0.5) is 18.9 Å². The van der Waals surface area contributed by atoms with Crippen LogP contribution >= 0.6 is 0 Å². The number of nitrogens with two attached hydrogens (primary N) is 1. The molecule has 19 heavy (non-hydrogen) atoms. The highest BCUT2D eigenvalue weighted by Crippen LogP contribution is 2.31. The van der Waals surface area contributed by atoms with Crippen molar-refractivity contribution >= 4 is 11.3 Å². The van der Waals surface area contributed by atoms with Gasteiger partial charge in [-0.05, 0) is 41.0 Å². The number of alkyl halides is 3. The molecule has 0 bridgehead atoms. The van der Waals surface area contributed by atoms with Gasteiger partial charge in [0.2, 0.25) is 0 Å². The number of hydrogen-bond donors (Lipinski definition) is 1. The van der Waals surface area contributed by atoms with Gasteiger partial charge in [-0.2, -0.15) is 13.2 Å². The molecule has 98 valence electrons. The summed E-state index contributed by atoms with van der Waals surface area (Å²) in [5.74, 6) is 0. The van der Waals surface area contributed by atoms with E-state index in [0.717, 1.165) is 17.7 Å². The van der Waals surface area contributed by atoms with E-state index in [2.05, 4.69) is 6.58 Å². The molecule has 0 aliphatic heterocycles. The average molecular weight is 263 g/mol. The number of hydrogen-bond acceptors (Lipinski definition) is 1. The summed E-state index contributed by atoms with van der Waals surface area (Å²) in [4.78, 5) is 0. The molecular formula is C15H12F3N. The van der Waals surface area contributed by atoms with Crippen LogP contribution in [0.1, 0.15) is 16.7 Å². The Hall–Kier alpha value is -2.23. The van der Waals surface area contributed by atoms with Crippen LogP contribution in [-0.2, 0) is 6.18 Å². The molecule has 2 aromatic rings. The van der Waals surface area contributed by atoms with Gasteiger partial charge in [0.05, 0.1) is 5.56 Å². The number of benzene rings is 2. The highest BCUT2D eigenvalue weighted by atomic mass is 19.4. The Bertz CT molecular complexity index is 580. The SMILES string of the molecule is C=C(c1ccc(N)cc1)c1ccc(C(F)(F)F)cc1. The van der Waals surface area contributed by atoms with E-state index in [-0.39, 0.29) is 0 Å². The third-order valence-electron chi connectivity index (χ3n) is 2.82. The Balaban J connectivity index is 2.27. The Morgan fingerprint density at radius 2 is 1.26 bits per heavy atom. The molecule has 0 atom stereocenters. The summed E-state index contributed by atoms with van der Waals surface area (Å²) >= 11 is 0. The van der Waals surface area contributed by atoms with Crippen LogP contribution in [-0.4, -0.2) is 0 Å². The van der Waals surface area contributed by atoms with Crippen molar-refractivity contribution in [2.24, 2.45) is 0 Å². The maximum absolute atomic E-state index is 12.5. The molecule has 0 saturated heterocycles. The molecule has 4 heteroatoms. The molecule has 2 N–H and O–H groups in total. The summed E-state index contributed by atoms with van der Waals surface area (Å²) in [6.07, 6.45) is -4.32.